The van der Waals surface area contributed by atoms with Gasteiger partial charge in [-0.3, -0.25) is 14.6 Å². The van der Waals surface area contributed by atoms with Gasteiger partial charge in [-0.2, -0.15) is 14.3 Å². The smallest absolute Gasteiger partial charge is 0.315 e. The van der Waals surface area contributed by atoms with Crippen molar-refractivity contribution in [2.75, 3.05) is 18.9 Å². The van der Waals surface area contributed by atoms with Crippen molar-refractivity contribution in [1.29, 1.82) is 0 Å². The molecule has 2 aromatic rings. The molecule has 0 aliphatic rings. The second-order valence-corrected chi connectivity index (χ2v) is 8.77. The average Bonchev–Trinajstić information content (AvgIpc) is 2.74. The molecule has 2 atom stereocenters. The van der Waals surface area contributed by atoms with E-state index >= 15 is 0 Å². The zero-order valence-electron chi connectivity index (χ0n) is 16.5. The molecule has 1 aromatic heterocycles. The number of carbonyl (C=O) groups excluding carboxylic acids is 1. The van der Waals surface area contributed by atoms with Gasteiger partial charge in [0.2, 0.25) is 0 Å². The first-order valence-corrected chi connectivity index (χ1v) is 11.1. The maximum atomic E-state index is 13.1. The van der Waals surface area contributed by atoms with Gasteiger partial charge < -0.3 is 10.4 Å². The number of alkyl halides is 3. The number of hydroxylamine groups is 1. The highest BCUT2D eigenvalue weighted by Crippen LogP contribution is 2.23. The Morgan fingerprint density at radius 1 is 1.16 bits per heavy atom. The molecule has 170 valence electrons. The second-order valence-electron chi connectivity index (χ2n) is 6.68. The van der Waals surface area contributed by atoms with E-state index in [2.05, 4.69) is 10.5 Å². The van der Waals surface area contributed by atoms with Gasteiger partial charge >= 0.3 is 6.43 Å². The minimum absolute atomic E-state index is 0.190. The Balaban J connectivity index is 1.98. The number of benzene rings is 1. The fraction of sp³-hybridized carbons (Fsp3) is 0.368. The number of pyridine rings is 1. The van der Waals surface area contributed by atoms with Crippen LogP contribution in [0.25, 0.3) is 11.1 Å². The molecule has 8 nitrogen and oxygen atoms in total. The summed E-state index contributed by atoms with van der Waals surface area (Å²) in [5, 5.41) is 12.0. The van der Waals surface area contributed by atoms with Gasteiger partial charge in [0.25, 0.3) is 5.91 Å². The summed E-state index contributed by atoms with van der Waals surface area (Å²) in [4.78, 5) is 20.1. The van der Waals surface area contributed by atoms with E-state index in [9.17, 15) is 31.5 Å². The summed E-state index contributed by atoms with van der Waals surface area (Å²) < 4.78 is 59.7. The number of carbonyl (C=O) groups is 1. The van der Waals surface area contributed by atoms with E-state index in [1.54, 1.807) is 35.8 Å². The zero-order valence-corrected chi connectivity index (χ0v) is 17.3. The third-order valence-corrected chi connectivity index (χ3v) is 4.66. The maximum absolute atomic E-state index is 13.1. The van der Waals surface area contributed by atoms with Gasteiger partial charge in [0.1, 0.15) is 12.8 Å². The second kappa shape index (κ2) is 11.2. The molecule has 2 rings (SSSR count). The molecule has 0 aliphatic carbocycles. The Bertz CT molecular complexity index is 957. The Labute approximate surface area is 177 Å². The first-order valence-electron chi connectivity index (χ1n) is 9.01. The number of aliphatic hydroxyl groups excluding tert-OH is 1. The monoisotopic (exact) mass is 461 g/mol. The third-order valence-electron chi connectivity index (χ3n) is 4.11. The molecular formula is C19H22F3N3O5S. The maximum Gasteiger partial charge on any atom is 0.315 e. The molecule has 3 N–H and O–H groups in total. The first-order chi connectivity index (χ1) is 14.6. The van der Waals surface area contributed by atoms with E-state index in [4.69, 9.17) is 4.84 Å². The molecule has 12 heteroatoms. The lowest BCUT2D eigenvalue weighted by Crippen LogP contribution is -2.43. The summed E-state index contributed by atoms with van der Waals surface area (Å²) in [5.74, 6) is -2.11. The van der Waals surface area contributed by atoms with Crippen molar-refractivity contribution >= 4 is 15.7 Å². The average molecular weight is 461 g/mol. The summed E-state index contributed by atoms with van der Waals surface area (Å²) in [5.41, 5.74) is 4.80. The van der Waals surface area contributed by atoms with Crippen LogP contribution >= 0.6 is 0 Å². The van der Waals surface area contributed by atoms with Crippen LogP contribution < -0.4 is 10.8 Å². The number of nitrogens with zero attached hydrogens (tertiary/aromatic N) is 1. The molecule has 0 saturated carbocycles. The van der Waals surface area contributed by atoms with E-state index in [1.807, 2.05) is 0 Å². The van der Waals surface area contributed by atoms with Gasteiger partial charge in [-0.1, -0.05) is 30.3 Å². The quantitative estimate of drug-likeness (QED) is 0.343. The predicted molar refractivity (Wildman–Crippen MR) is 106 cm³/mol. The molecule has 1 heterocycles. The molecular weight excluding hydrogens is 439 g/mol. The van der Waals surface area contributed by atoms with Crippen LogP contribution in [0.4, 0.5) is 13.2 Å². The molecule has 0 saturated heterocycles. The van der Waals surface area contributed by atoms with Gasteiger partial charge in [-0.25, -0.2) is 12.8 Å². The fourth-order valence-electron chi connectivity index (χ4n) is 2.53. The van der Waals surface area contributed by atoms with Crippen molar-refractivity contribution in [2.24, 2.45) is 0 Å². The molecule has 1 amide bonds. The Kier molecular flexibility index (Phi) is 8.92. The van der Waals surface area contributed by atoms with Crippen molar-refractivity contribution < 1.29 is 36.3 Å². The first kappa shape index (κ1) is 24.7. The third kappa shape index (κ3) is 7.90. The van der Waals surface area contributed by atoms with Crippen LogP contribution in [0, 0.1) is 0 Å². The number of hydrogen-bond donors (Lipinski definition) is 3. The standard InChI is InChI=1S/C19H22F3N3O5S/c1-31(28,29)11-30-24-10-15-7-6-14(9-23-15)12-2-4-13(5-3-12)17(26)16(8-20)25-19(27)18(21)22/h2-7,9,16-18,24,26H,8,10-11H2,1H3,(H,25,27)/t16-,17-/m1/s1. The molecule has 0 aliphatic heterocycles. The molecule has 0 radical (unpaired) electrons. The largest absolute Gasteiger partial charge is 0.386 e. The summed E-state index contributed by atoms with van der Waals surface area (Å²) in [6.07, 6.45) is -2.18. The highest BCUT2D eigenvalue weighted by Gasteiger charge is 2.26. The normalized spacial score (nSPS) is 13.7. The summed E-state index contributed by atoms with van der Waals surface area (Å²) >= 11 is 0. The predicted octanol–water partition coefficient (Wildman–Crippen LogP) is 1.52. The van der Waals surface area contributed by atoms with Crippen LogP contribution in [0.15, 0.2) is 42.6 Å². The van der Waals surface area contributed by atoms with Gasteiger partial charge in [0.05, 0.1) is 18.3 Å². The summed E-state index contributed by atoms with van der Waals surface area (Å²) in [6.45, 7) is -1.02. The number of aromatic nitrogens is 1. The highest BCUT2D eigenvalue weighted by atomic mass is 32.2. The van der Waals surface area contributed by atoms with E-state index in [1.165, 1.54) is 12.1 Å². The highest BCUT2D eigenvalue weighted by molar-refractivity contribution is 7.90. The molecule has 0 spiro atoms. The molecule has 0 unspecified atom stereocenters. The lowest BCUT2D eigenvalue weighted by Gasteiger charge is -2.22. The van der Waals surface area contributed by atoms with E-state index in [-0.39, 0.29) is 12.1 Å². The van der Waals surface area contributed by atoms with E-state index in [0.717, 1.165) is 17.4 Å². The van der Waals surface area contributed by atoms with Crippen molar-refractivity contribution in [1.82, 2.24) is 15.8 Å². The lowest BCUT2D eigenvalue weighted by molar-refractivity contribution is -0.133. The minimum Gasteiger partial charge on any atom is -0.386 e. The van der Waals surface area contributed by atoms with E-state index < -0.39 is 46.9 Å². The van der Waals surface area contributed by atoms with Crippen molar-refractivity contribution in [3.63, 3.8) is 0 Å². The van der Waals surface area contributed by atoms with Crippen molar-refractivity contribution in [3.8, 4) is 11.1 Å². The van der Waals surface area contributed by atoms with E-state index in [0.29, 0.717) is 5.69 Å². The Morgan fingerprint density at radius 3 is 2.32 bits per heavy atom. The summed E-state index contributed by atoms with van der Waals surface area (Å²) in [7, 11) is -3.25. The van der Waals surface area contributed by atoms with Crippen LogP contribution in [0.2, 0.25) is 0 Å². The van der Waals surface area contributed by atoms with Gasteiger partial charge in [0, 0.05) is 18.0 Å². The van der Waals surface area contributed by atoms with Crippen LogP contribution in [-0.2, 0) is 26.0 Å². The fourth-order valence-corrected chi connectivity index (χ4v) is 2.82. The van der Waals surface area contributed by atoms with Crippen LogP contribution in [0.1, 0.15) is 17.4 Å². The zero-order chi connectivity index (χ0) is 23.0. The number of aliphatic hydroxyl groups is 1. The number of amides is 1. The lowest BCUT2D eigenvalue weighted by atomic mass is 9.99. The van der Waals surface area contributed by atoms with Crippen LogP contribution in [0.5, 0.6) is 0 Å². The van der Waals surface area contributed by atoms with Crippen molar-refractivity contribution in [2.45, 2.75) is 25.1 Å². The van der Waals surface area contributed by atoms with Gasteiger partial charge in [0.15, 0.2) is 15.8 Å². The number of rotatable bonds is 11. The Morgan fingerprint density at radius 2 is 1.81 bits per heavy atom. The number of nitrogens with one attached hydrogen (secondary N) is 2. The number of hydrogen-bond acceptors (Lipinski definition) is 7. The Hall–Kier alpha value is -2.54. The SMILES string of the molecule is CS(=O)(=O)CONCc1ccc(-c2ccc([C@@H](O)[C@@H](CF)NC(=O)C(F)F)cc2)cn1. The van der Waals surface area contributed by atoms with Gasteiger partial charge in [-0.15, -0.1) is 0 Å². The summed E-state index contributed by atoms with van der Waals surface area (Å²) in [6, 6.07) is 8.22. The topological polar surface area (TPSA) is 118 Å². The van der Waals surface area contributed by atoms with Crippen LogP contribution in [0.3, 0.4) is 0 Å². The van der Waals surface area contributed by atoms with Crippen molar-refractivity contribution in [3.05, 3.63) is 53.9 Å². The number of sulfone groups is 1. The molecule has 0 bridgehead atoms. The van der Waals surface area contributed by atoms with Crippen LogP contribution in [-0.4, -0.2) is 55.8 Å². The van der Waals surface area contributed by atoms with Gasteiger partial charge in [-0.05, 0) is 17.2 Å². The number of halogens is 3. The molecule has 0 fully saturated rings. The molecule has 31 heavy (non-hydrogen) atoms. The minimum atomic E-state index is -3.31. The molecule has 1 aromatic carbocycles.